The van der Waals surface area contributed by atoms with Crippen LogP contribution in [0.5, 0.6) is 0 Å². The van der Waals surface area contributed by atoms with Gasteiger partial charge in [-0.25, -0.2) is 0 Å². The van der Waals surface area contributed by atoms with E-state index in [4.69, 9.17) is 0 Å². The van der Waals surface area contributed by atoms with Crippen molar-refractivity contribution in [3.05, 3.63) is 90.3 Å². The van der Waals surface area contributed by atoms with Crippen LogP contribution in [0, 0.1) is 5.41 Å². The lowest BCUT2D eigenvalue weighted by atomic mass is 9.78. The van der Waals surface area contributed by atoms with Crippen molar-refractivity contribution in [1.29, 1.82) is 0 Å². The minimum absolute atomic E-state index is 0.00737. The Morgan fingerprint density at radius 3 is 2.45 bits per heavy atom. The van der Waals surface area contributed by atoms with E-state index >= 15 is 0 Å². The van der Waals surface area contributed by atoms with Gasteiger partial charge in [-0.3, -0.25) is 14.6 Å². The van der Waals surface area contributed by atoms with Gasteiger partial charge in [0.25, 0.3) is 0 Å². The van der Waals surface area contributed by atoms with E-state index in [-0.39, 0.29) is 11.8 Å². The van der Waals surface area contributed by atoms with Crippen LogP contribution >= 0.6 is 0 Å². The van der Waals surface area contributed by atoms with Crippen molar-refractivity contribution >= 4 is 11.8 Å². The predicted octanol–water partition coefficient (Wildman–Crippen LogP) is 3.50. The van der Waals surface area contributed by atoms with Gasteiger partial charge in [-0.15, -0.1) is 0 Å². The smallest absolute Gasteiger partial charge is 0.228 e. The van der Waals surface area contributed by atoms with Gasteiger partial charge in [-0.05, 0) is 47.2 Å². The highest BCUT2D eigenvalue weighted by molar-refractivity contribution is 5.86. The molecule has 1 unspecified atom stereocenters. The van der Waals surface area contributed by atoms with E-state index in [2.05, 4.69) is 22.4 Å². The van der Waals surface area contributed by atoms with Gasteiger partial charge in [-0.2, -0.15) is 0 Å². The Labute approximate surface area is 183 Å². The number of aromatic nitrogens is 1. The molecule has 0 bridgehead atoms. The first-order valence-electron chi connectivity index (χ1n) is 10.6. The molecule has 158 valence electrons. The molecule has 1 saturated heterocycles. The van der Waals surface area contributed by atoms with Crippen LogP contribution in [0.25, 0.3) is 11.1 Å². The number of nitrogens with zero attached hydrogens (tertiary/aromatic N) is 2. The third-order valence-corrected chi connectivity index (χ3v) is 6.15. The fourth-order valence-corrected chi connectivity index (χ4v) is 4.49. The lowest BCUT2D eigenvalue weighted by Gasteiger charge is -2.28. The molecule has 0 spiro atoms. The number of hydrogen-bond acceptors (Lipinski definition) is 3. The minimum atomic E-state index is -0.635. The molecule has 0 radical (unpaired) electrons. The van der Waals surface area contributed by atoms with Crippen molar-refractivity contribution in [3.63, 3.8) is 0 Å². The maximum Gasteiger partial charge on any atom is 0.228 e. The molecule has 5 nitrogen and oxygen atoms in total. The van der Waals surface area contributed by atoms with Crippen molar-refractivity contribution in [1.82, 2.24) is 15.2 Å². The third kappa shape index (κ3) is 4.50. The second-order valence-corrected chi connectivity index (χ2v) is 8.16. The molecule has 0 saturated carbocycles. The average molecular weight is 414 g/mol. The van der Waals surface area contributed by atoms with E-state index in [0.717, 1.165) is 22.3 Å². The SMILES string of the molecule is CNC(=O)C1(Cc2ccccc2-c2ccncc2)CCN(C(=O)Cc2ccccc2)C1. The monoisotopic (exact) mass is 413 g/mol. The first kappa shape index (κ1) is 20.8. The fraction of sp³-hybridized carbons (Fsp3) is 0.269. The molecule has 2 heterocycles. The molecule has 0 aliphatic carbocycles. The van der Waals surface area contributed by atoms with Crippen LogP contribution in [0.3, 0.4) is 0 Å². The molecule has 5 heteroatoms. The second-order valence-electron chi connectivity index (χ2n) is 8.16. The maximum absolute atomic E-state index is 13.1. The lowest BCUT2D eigenvalue weighted by Crippen LogP contribution is -2.44. The predicted molar refractivity (Wildman–Crippen MR) is 121 cm³/mol. The number of likely N-dealkylation sites (tertiary alicyclic amines) is 1. The summed E-state index contributed by atoms with van der Waals surface area (Å²) >= 11 is 0. The Kier molecular flexibility index (Phi) is 6.12. The molecule has 31 heavy (non-hydrogen) atoms. The molecule has 2 aromatic carbocycles. The quantitative estimate of drug-likeness (QED) is 0.673. The first-order valence-corrected chi connectivity index (χ1v) is 10.6. The number of pyridine rings is 1. The van der Waals surface area contributed by atoms with E-state index in [1.165, 1.54) is 0 Å². The number of amides is 2. The van der Waals surface area contributed by atoms with Crippen LogP contribution in [0.15, 0.2) is 79.1 Å². The molecular weight excluding hydrogens is 386 g/mol. The molecule has 2 amide bonds. The van der Waals surface area contributed by atoms with Crippen LogP contribution in [0.2, 0.25) is 0 Å². The summed E-state index contributed by atoms with van der Waals surface area (Å²) in [7, 11) is 1.67. The van der Waals surface area contributed by atoms with Gasteiger partial charge in [0, 0.05) is 32.5 Å². The van der Waals surface area contributed by atoms with Crippen LogP contribution in [-0.4, -0.2) is 41.8 Å². The Morgan fingerprint density at radius 1 is 1.00 bits per heavy atom. The van der Waals surface area contributed by atoms with E-state index in [0.29, 0.717) is 32.4 Å². The summed E-state index contributed by atoms with van der Waals surface area (Å²) in [6, 6.07) is 21.9. The molecule has 1 N–H and O–H groups in total. The number of carbonyl (C=O) groups is 2. The molecule has 1 aliphatic heterocycles. The van der Waals surface area contributed by atoms with Crippen LogP contribution < -0.4 is 5.32 Å². The molecule has 3 aromatic rings. The van der Waals surface area contributed by atoms with E-state index in [9.17, 15) is 9.59 Å². The normalized spacial score (nSPS) is 18.0. The minimum Gasteiger partial charge on any atom is -0.359 e. The standard InChI is InChI=1S/C26H27N3O2/c1-27-25(31)26(13-16-29(19-26)24(30)17-20-7-3-2-4-8-20)18-22-9-5-6-10-23(22)21-11-14-28-15-12-21/h2-12,14-15H,13,16-19H2,1H3,(H,27,31). The highest BCUT2D eigenvalue weighted by Crippen LogP contribution is 2.37. The summed E-state index contributed by atoms with van der Waals surface area (Å²) in [4.78, 5) is 32.0. The topological polar surface area (TPSA) is 62.3 Å². The van der Waals surface area contributed by atoms with Crippen molar-refractivity contribution in [2.45, 2.75) is 19.3 Å². The maximum atomic E-state index is 13.1. The average Bonchev–Trinajstić information content (AvgIpc) is 3.25. The summed E-state index contributed by atoms with van der Waals surface area (Å²) < 4.78 is 0. The Hall–Kier alpha value is -3.47. The van der Waals surface area contributed by atoms with E-state index < -0.39 is 5.41 Å². The molecular formula is C26H27N3O2. The molecule has 1 aliphatic rings. The summed E-state index contributed by atoms with van der Waals surface area (Å²) in [6.45, 7) is 1.03. The fourth-order valence-electron chi connectivity index (χ4n) is 4.49. The Bertz CT molecular complexity index is 1050. The summed E-state index contributed by atoms with van der Waals surface area (Å²) in [5.41, 5.74) is 3.64. The Balaban J connectivity index is 1.58. The highest BCUT2D eigenvalue weighted by atomic mass is 16.2. The van der Waals surface area contributed by atoms with Crippen LogP contribution in [0.4, 0.5) is 0 Å². The second kappa shape index (κ2) is 9.13. The van der Waals surface area contributed by atoms with Gasteiger partial charge < -0.3 is 10.2 Å². The van der Waals surface area contributed by atoms with Crippen LogP contribution in [0.1, 0.15) is 17.5 Å². The number of rotatable bonds is 6. The van der Waals surface area contributed by atoms with Gasteiger partial charge in [0.15, 0.2) is 0 Å². The summed E-state index contributed by atoms with van der Waals surface area (Å²) in [6.07, 6.45) is 5.15. The zero-order valence-corrected chi connectivity index (χ0v) is 17.8. The van der Waals surface area contributed by atoms with Crippen molar-refractivity contribution < 1.29 is 9.59 Å². The van der Waals surface area contributed by atoms with Crippen LogP contribution in [-0.2, 0) is 22.4 Å². The highest BCUT2D eigenvalue weighted by Gasteiger charge is 2.45. The summed E-state index contributed by atoms with van der Waals surface area (Å²) in [5.74, 6) is 0.0615. The van der Waals surface area contributed by atoms with Gasteiger partial charge in [0.1, 0.15) is 0 Å². The zero-order chi connectivity index (χ0) is 21.7. The van der Waals surface area contributed by atoms with Gasteiger partial charge in [0.05, 0.1) is 11.8 Å². The molecule has 1 fully saturated rings. The zero-order valence-electron chi connectivity index (χ0n) is 17.8. The van der Waals surface area contributed by atoms with Crippen molar-refractivity contribution in [2.75, 3.05) is 20.1 Å². The number of carbonyl (C=O) groups excluding carboxylic acids is 2. The van der Waals surface area contributed by atoms with Gasteiger partial charge >= 0.3 is 0 Å². The molecule has 4 rings (SSSR count). The third-order valence-electron chi connectivity index (χ3n) is 6.15. The molecule has 1 atom stereocenters. The van der Waals surface area contributed by atoms with Gasteiger partial charge in [-0.1, -0.05) is 54.6 Å². The largest absolute Gasteiger partial charge is 0.359 e. The number of nitrogens with one attached hydrogen (secondary N) is 1. The van der Waals surface area contributed by atoms with Crippen molar-refractivity contribution in [3.8, 4) is 11.1 Å². The molecule has 1 aromatic heterocycles. The number of benzene rings is 2. The van der Waals surface area contributed by atoms with Gasteiger partial charge in [0.2, 0.25) is 11.8 Å². The van der Waals surface area contributed by atoms with Crippen molar-refractivity contribution in [2.24, 2.45) is 5.41 Å². The number of hydrogen-bond donors (Lipinski definition) is 1. The summed E-state index contributed by atoms with van der Waals surface area (Å²) in [5, 5.41) is 2.85. The van der Waals surface area contributed by atoms with E-state index in [1.807, 2.05) is 59.5 Å². The van der Waals surface area contributed by atoms with E-state index in [1.54, 1.807) is 19.4 Å². The first-order chi connectivity index (χ1) is 15.1. The Morgan fingerprint density at radius 2 is 1.71 bits per heavy atom. The lowest BCUT2D eigenvalue weighted by molar-refractivity contribution is -0.132.